The van der Waals surface area contributed by atoms with Gasteiger partial charge < -0.3 is 10.2 Å². The predicted molar refractivity (Wildman–Crippen MR) is 131 cm³/mol. The van der Waals surface area contributed by atoms with Crippen molar-refractivity contribution in [2.45, 2.75) is 46.8 Å². The van der Waals surface area contributed by atoms with Crippen LogP contribution in [0.5, 0.6) is 0 Å². The van der Waals surface area contributed by atoms with Gasteiger partial charge in [-0.1, -0.05) is 42.5 Å². The number of rotatable bonds is 8. The number of benzene rings is 2. The van der Waals surface area contributed by atoms with Crippen LogP contribution in [0, 0.1) is 13.8 Å². The van der Waals surface area contributed by atoms with Gasteiger partial charge in [-0.15, -0.1) is 0 Å². The number of fused-ring (bicyclic) bond motifs is 1. The number of aromatic nitrogens is 4. The van der Waals surface area contributed by atoms with Gasteiger partial charge in [-0.2, -0.15) is 5.10 Å². The largest absolute Gasteiger partial charge is 0.352 e. The molecular weight excluding hydrogens is 412 g/mol. The van der Waals surface area contributed by atoms with Crippen molar-refractivity contribution in [1.82, 2.24) is 25.1 Å². The number of carbonyl (C=O) groups is 1. The van der Waals surface area contributed by atoms with Crippen LogP contribution in [-0.2, 0) is 17.9 Å². The summed E-state index contributed by atoms with van der Waals surface area (Å²) in [6, 6.07) is 19.9. The van der Waals surface area contributed by atoms with Gasteiger partial charge in [-0.05, 0) is 51.5 Å². The van der Waals surface area contributed by atoms with Crippen molar-refractivity contribution in [3.8, 4) is 0 Å². The van der Waals surface area contributed by atoms with Gasteiger partial charge in [0, 0.05) is 24.2 Å². The molecule has 4 aromatic rings. The minimum atomic E-state index is -0.413. The highest BCUT2D eigenvalue weighted by molar-refractivity contribution is 5.89. The number of hydrogen-bond acceptors (Lipinski definition) is 5. The lowest BCUT2D eigenvalue weighted by molar-refractivity contribution is -0.124. The van der Waals surface area contributed by atoms with Crippen LogP contribution < -0.4 is 10.2 Å². The molecule has 2 aromatic carbocycles. The smallest absolute Gasteiger partial charge is 0.244 e. The Kier molecular flexibility index (Phi) is 6.68. The number of anilines is 1. The second-order valence-electron chi connectivity index (χ2n) is 8.25. The Hall–Kier alpha value is -3.74. The number of aryl methyl sites for hydroxylation is 2. The molecule has 33 heavy (non-hydrogen) atoms. The minimum Gasteiger partial charge on any atom is -0.352 e. The third-order valence-corrected chi connectivity index (χ3v) is 5.74. The lowest BCUT2D eigenvalue weighted by Crippen LogP contribution is -2.32. The molecule has 0 saturated carbocycles. The van der Waals surface area contributed by atoms with E-state index in [4.69, 9.17) is 9.97 Å². The Bertz CT molecular complexity index is 1250. The fourth-order valence-electron chi connectivity index (χ4n) is 4.03. The number of carbonyl (C=O) groups excluding carboxylic acids is 1. The van der Waals surface area contributed by atoms with Crippen molar-refractivity contribution in [3.63, 3.8) is 0 Å². The molecule has 0 spiro atoms. The highest BCUT2D eigenvalue weighted by atomic mass is 16.2. The molecule has 0 fully saturated rings. The zero-order chi connectivity index (χ0) is 23.4. The van der Waals surface area contributed by atoms with E-state index in [1.165, 1.54) is 5.56 Å². The summed E-state index contributed by atoms with van der Waals surface area (Å²) < 4.78 is 1.75. The molecule has 1 atom stereocenters. The number of nitrogens with zero attached hydrogens (tertiary/aromatic N) is 5. The summed E-state index contributed by atoms with van der Waals surface area (Å²) in [5, 5.41) is 8.42. The Morgan fingerprint density at radius 1 is 1.06 bits per heavy atom. The van der Waals surface area contributed by atoms with Gasteiger partial charge >= 0.3 is 0 Å². The minimum absolute atomic E-state index is 0.115. The second kappa shape index (κ2) is 9.81. The molecule has 170 valence electrons. The summed E-state index contributed by atoms with van der Waals surface area (Å²) >= 11 is 0. The Morgan fingerprint density at radius 3 is 2.48 bits per heavy atom. The average molecular weight is 443 g/mol. The van der Waals surface area contributed by atoms with E-state index in [0.717, 1.165) is 41.2 Å². The summed E-state index contributed by atoms with van der Waals surface area (Å²) in [6.45, 7) is 9.65. The van der Waals surface area contributed by atoms with Crippen LogP contribution in [0.3, 0.4) is 0 Å². The van der Waals surface area contributed by atoms with Gasteiger partial charge in [-0.3, -0.25) is 9.48 Å². The van der Waals surface area contributed by atoms with Crippen LogP contribution in [0.25, 0.3) is 10.9 Å². The van der Waals surface area contributed by atoms with E-state index >= 15 is 0 Å². The molecule has 7 nitrogen and oxygen atoms in total. The van der Waals surface area contributed by atoms with E-state index in [1.54, 1.807) is 4.68 Å². The maximum atomic E-state index is 12.8. The van der Waals surface area contributed by atoms with E-state index in [2.05, 4.69) is 34.4 Å². The van der Waals surface area contributed by atoms with E-state index in [9.17, 15) is 4.79 Å². The highest BCUT2D eigenvalue weighted by Crippen LogP contribution is 2.25. The van der Waals surface area contributed by atoms with Crippen molar-refractivity contribution >= 4 is 22.6 Å². The monoisotopic (exact) mass is 442 g/mol. The van der Waals surface area contributed by atoms with Crippen molar-refractivity contribution in [2.75, 3.05) is 11.4 Å². The lowest BCUT2D eigenvalue weighted by atomic mass is 10.2. The van der Waals surface area contributed by atoms with Crippen molar-refractivity contribution < 1.29 is 4.79 Å². The first-order valence-electron chi connectivity index (χ1n) is 11.3. The first kappa shape index (κ1) is 22.5. The van der Waals surface area contributed by atoms with Gasteiger partial charge in [0.2, 0.25) is 5.91 Å². The molecule has 1 amide bonds. The first-order valence-corrected chi connectivity index (χ1v) is 11.3. The molecule has 1 N–H and O–H groups in total. The molecule has 0 saturated heterocycles. The fourth-order valence-corrected chi connectivity index (χ4v) is 4.03. The summed E-state index contributed by atoms with van der Waals surface area (Å²) in [4.78, 5) is 24.6. The van der Waals surface area contributed by atoms with Crippen LogP contribution in [0.4, 0.5) is 5.82 Å². The number of para-hydroxylation sites is 1. The van der Waals surface area contributed by atoms with E-state index in [-0.39, 0.29) is 12.5 Å². The second-order valence-corrected chi connectivity index (χ2v) is 8.25. The zero-order valence-electron chi connectivity index (χ0n) is 19.6. The lowest BCUT2D eigenvalue weighted by Gasteiger charge is -2.24. The first-order chi connectivity index (χ1) is 16.0. The summed E-state index contributed by atoms with van der Waals surface area (Å²) in [7, 11) is 0. The van der Waals surface area contributed by atoms with E-state index < -0.39 is 6.04 Å². The standard InChI is InChI=1S/C26H30N6O/c1-5-31(17-21-11-7-6-8-12-21)25-22-13-9-10-14-23(22)28-24(29-25)16-27-26(33)20(4)32-19(3)15-18(2)30-32/h6-15,20H,5,16-17H2,1-4H3,(H,27,33). The zero-order valence-corrected chi connectivity index (χ0v) is 19.6. The molecule has 0 bridgehead atoms. The SMILES string of the molecule is CCN(Cc1ccccc1)c1nc(CNC(=O)C(C)n2nc(C)cc2C)nc2ccccc12. The van der Waals surface area contributed by atoms with Gasteiger partial charge in [0.25, 0.3) is 0 Å². The third kappa shape index (κ3) is 5.03. The van der Waals surface area contributed by atoms with E-state index in [1.807, 2.05) is 69.3 Å². The molecule has 0 aliphatic rings. The number of amides is 1. The highest BCUT2D eigenvalue weighted by Gasteiger charge is 2.19. The van der Waals surface area contributed by atoms with Crippen molar-refractivity contribution in [2.24, 2.45) is 0 Å². The molecule has 2 heterocycles. The van der Waals surface area contributed by atoms with Crippen LogP contribution >= 0.6 is 0 Å². The molecule has 1 unspecified atom stereocenters. The molecule has 0 radical (unpaired) electrons. The van der Waals surface area contributed by atoms with E-state index in [0.29, 0.717) is 5.82 Å². The normalized spacial score (nSPS) is 12.0. The van der Waals surface area contributed by atoms with Gasteiger partial charge in [-0.25, -0.2) is 9.97 Å². The quantitative estimate of drug-likeness (QED) is 0.439. The molecule has 0 aliphatic carbocycles. The molecule has 7 heteroatoms. The average Bonchev–Trinajstić information content (AvgIpc) is 3.18. The van der Waals surface area contributed by atoms with Crippen LogP contribution in [-0.4, -0.2) is 32.2 Å². The maximum absolute atomic E-state index is 12.8. The Balaban J connectivity index is 1.58. The summed E-state index contributed by atoms with van der Waals surface area (Å²) in [5.74, 6) is 1.35. The maximum Gasteiger partial charge on any atom is 0.244 e. The molecule has 4 rings (SSSR count). The fraction of sp³-hybridized carbons (Fsp3) is 0.308. The van der Waals surface area contributed by atoms with Gasteiger partial charge in [0.05, 0.1) is 17.8 Å². The predicted octanol–water partition coefficient (Wildman–Crippen LogP) is 4.35. The van der Waals surface area contributed by atoms with Gasteiger partial charge in [0.1, 0.15) is 11.9 Å². The van der Waals surface area contributed by atoms with Crippen LogP contribution in [0.1, 0.15) is 42.7 Å². The van der Waals surface area contributed by atoms with Crippen molar-refractivity contribution in [3.05, 3.63) is 83.4 Å². The van der Waals surface area contributed by atoms with Crippen molar-refractivity contribution in [1.29, 1.82) is 0 Å². The summed E-state index contributed by atoms with van der Waals surface area (Å²) in [5.41, 5.74) is 3.94. The molecular formula is C26H30N6O. The third-order valence-electron chi connectivity index (χ3n) is 5.74. The Labute approximate surface area is 194 Å². The molecule has 0 aliphatic heterocycles. The van der Waals surface area contributed by atoms with Crippen LogP contribution in [0.15, 0.2) is 60.7 Å². The van der Waals surface area contributed by atoms with Gasteiger partial charge in [0.15, 0.2) is 5.82 Å². The Morgan fingerprint density at radius 2 is 1.79 bits per heavy atom. The van der Waals surface area contributed by atoms with Crippen LogP contribution in [0.2, 0.25) is 0 Å². The molecule has 2 aromatic heterocycles. The number of hydrogen-bond donors (Lipinski definition) is 1. The summed E-state index contributed by atoms with van der Waals surface area (Å²) in [6.07, 6.45) is 0. The topological polar surface area (TPSA) is 75.9 Å². The number of nitrogens with one attached hydrogen (secondary N) is 1.